The number of carbonyl (C=O) groups is 2. The fourth-order valence-corrected chi connectivity index (χ4v) is 1.92. The summed E-state index contributed by atoms with van der Waals surface area (Å²) in [4.78, 5) is 22.5. The zero-order valence-electron chi connectivity index (χ0n) is 10.3. The molecule has 1 aliphatic heterocycles. The maximum atomic E-state index is 11.3. The largest absolute Gasteiger partial charge is 0.481 e. The van der Waals surface area contributed by atoms with Crippen LogP contribution < -0.4 is 5.32 Å². The third kappa shape index (κ3) is 4.03. The van der Waals surface area contributed by atoms with Crippen LogP contribution in [0.2, 0.25) is 0 Å². The molecule has 0 atom stereocenters. The molecule has 102 valence electrons. The first-order valence-electron chi connectivity index (χ1n) is 5.93. The number of carboxylic acid groups (broad SMARTS) is 1. The van der Waals surface area contributed by atoms with Crippen molar-refractivity contribution in [3.8, 4) is 0 Å². The summed E-state index contributed by atoms with van der Waals surface area (Å²) in [6, 6.07) is 0. The van der Waals surface area contributed by atoms with Gasteiger partial charge in [-0.15, -0.1) is 0 Å². The molecule has 0 bridgehead atoms. The van der Waals surface area contributed by atoms with Gasteiger partial charge in [0.05, 0.1) is 5.41 Å². The Labute approximate surface area is 106 Å². The molecule has 1 saturated heterocycles. The average molecular weight is 257 g/mol. The summed E-state index contributed by atoms with van der Waals surface area (Å²) < 4.78 is 9.90. The van der Waals surface area contributed by atoms with Crippen molar-refractivity contribution < 1.29 is 24.2 Å². The Morgan fingerprint density at radius 1 is 1.44 bits per heavy atom. The number of rotatable bonds is 6. The van der Waals surface area contributed by atoms with E-state index in [9.17, 15) is 14.7 Å². The van der Waals surface area contributed by atoms with E-state index in [1.807, 2.05) is 0 Å². The van der Waals surface area contributed by atoms with Crippen molar-refractivity contribution in [1.29, 1.82) is 0 Å². The lowest BCUT2D eigenvalue weighted by molar-refractivity contribution is -0.155. The number of carboxylic acids is 1. The Morgan fingerprint density at radius 2 is 2.11 bits per heavy atom. The van der Waals surface area contributed by atoms with Crippen molar-refractivity contribution >= 4 is 12.1 Å². The molecule has 0 aromatic carbocycles. The van der Waals surface area contributed by atoms with E-state index in [0.29, 0.717) is 32.5 Å². The van der Waals surface area contributed by atoms with Crippen LogP contribution in [0.1, 0.15) is 19.3 Å². The Balaban J connectivity index is 2.36. The summed E-state index contributed by atoms with van der Waals surface area (Å²) in [6.07, 6.45) is 2.26. The normalized spacial score (nSPS) is 17.8. The van der Waals surface area contributed by atoms with Crippen molar-refractivity contribution in [2.45, 2.75) is 19.3 Å². The third-order valence-electron chi connectivity index (χ3n) is 3.11. The van der Waals surface area contributed by atoms with Crippen molar-refractivity contribution in [2.24, 2.45) is 5.41 Å². The van der Waals surface area contributed by atoms with Gasteiger partial charge in [0.25, 0.3) is 0 Å². The van der Waals surface area contributed by atoms with Gasteiger partial charge in [0.15, 0.2) is 0 Å². The SMILES string of the molecule is C=CCOC(=O)NCCC1(C(=O)O)CCOCC1. The lowest BCUT2D eigenvalue weighted by atomic mass is 9.77. The second-order valence-corrected chi connectivity index (χ2v) is 4.26. The van der Waals surface area contributed by atoms with Gasteiger partial charge < -0.3 is 19.9 Å². The Kier molecular flexibility index (Phi) is 5.64. The highest BCUT2D eigenvalue weighted by Gasteiger charge is 2.39. The minimum absolute atomic E-state index is 0.143. The predicted octanol–water partition coefficient (Wildman–Crippen LogP) is 1.17. The van der Waals surface area contributed by atoms with Crippen LogP contribution in [0.15, 0.2) is 12.7 Å². The molecule has 0 aliphatic carbocycles. The van der Waals surface area contributed by atoms with Crippen molar-refractivity contribution in [1.82, 2.24) is 5.32 Å². The van der Waals surface area contributed by atoms with Crippen LogP contribution in [-0.2, 0) is 14.3 Å². The third-order valence-corrected chi connectivity index (χ3v) is 3.11. The Bertz CT molecular complexity index is 310. The van der Waals surface area contributed by atoms with Gasteiger partial charge in [-0.25, -0.2) is 4.79 Å². The zero-order valence-corrected chi connectivity index (χ0v) is 10.3. The molecule has 0 unspecified atom stereocenters. The summed E-state index contributed by atoms with van der Waals surface area (Å²) in [5.41, 5.74) is -0.788. The fourth-order valence-electron chi connectivity index (χ4n) is 1.92. The zero-order chi connectivity index (χ0) is 13.4. The van der Waals surface area contributed by atoms with Gasteiger partial charge in [0.1, 0.15) is 6.61 Å². The minimum Gasteiger partial charge on any atom is -0.481 e. The standard InChI is InChI=1S/C12H19NO5/c1-2-7-18-11(16)13-6-3-12(10(14)15)4-8-17-9-5-12/h2H,1,3-9H2,(H,13,16)(H,14,15). The quantitative estimate of drug-likeness (QED) is 0.698. The number of nitrogens with one attached hydrogen (secondary N) is 1. The van der Waals surface area contributed by atoms with E-state index >= 15 is 0 Å². The highest BCUT2D eigenvalue weighted by molar-refractivity contribution is 5.75. The molecule has 0 radical (unpaired) electrons. The highest BCUT2D eigenvalue weighted by Crippen LogP contribution is 2.34. The van der Waals surface area contributed by atoms with Gasteiger partial charge >= 0.3 is 12.1 Å². The Morgan fingerprint density at radius 3 is 2.67 bits per heavy atom. The number of hydrogen-bond acceptors (Lipinski definition) is 4. The van der Waals surface area contributed by atoms with Crippen LogP contribution in [-0.4, -0.2) is 43.5 Å². The molecule has 1 amide bonds. The van der Waals surface area contributed by atoms with E-state index in [1.54, 1.807) is 0 Å². The van der Waals surface area contributed by atoms with E-state index in [1.165, 1.54) is 6.08 Å². The summed E-state index contributed by atoms with van der Waals surface area (Å²) in [5.74, 6) is -0.827. The molecule has 1 rings (SSSR count). The number of alkyl carbamates (subject to hydrolysis) is 1. The van der Waals surface area contributed by atoms with Crippen LogP contribution in [0.3, 0.4) is 0 Å². The van der Waals surface area contributed by atoms with Gasteiger partial charge in [0.2, 0.25) is 0 Å². The van der Waals surface area contributed by atoms with Crippen molar-refractivity contribution in [2.75, 3.05) is 26.4 Å². The van der Waals surface area contributed by atoms with Gasteiger partial charge in [0, 0.05) is 19.8 Å². The van der Waals surface area contributed by atoms with E-state index in [2.05, 4.69) is 11.9 Å². The van der Waals surface area contributed by atoms with Crippen molar-refractivity contribution in [3.05, 3.63) is 12.7 Å². The molecule has 0 aromatic heterocycles. The van der Waals surface area contributed by atoms with Gasteiger partial charge in [-0.05, 0) is 19.3 Å². The first-order valence-corrected chi connectivity index (χ1v) is 5.93. The smallest absolute Gasteiger partial charge is 0.407 e. The van der Waals surface area contributed by atoms with Crippen LogP contribution in [0.4, 0.5) is 4.79 Å². The monoisotopic (exact) mass is 257 g/mol. The summed E-state index contributed by atoms with van der Waals surface area (Å²) in [7, 11) is 0. The summed E-state index contributed by atoms with van der Waals surface area (Å²) in [6.45, 7) is 4.75. The maximum absolute atomic E-state index is 11.3. The van der Waals surface area contributed by atoms with Crippen LogP contribution >= 0.6 is 0 Å². The number of ether oxygens (including phenoxy) is 2. The molecular formula is C12H19NO5. The van der Waals surface area contributed by atoms with E-state index in [0.717, 1.165) is 0 Å². The van der Waals surface area contributed by atoms with Crippen LogP contribution in [0.5, 0.6) is 0 Å². The maximum Gasteiger partial charge on any atom is 0.407 e. The molecule has 6 heteroatoms. The van der Waals surface area contributed by atoms with Gasteiger partial charge in [-0.2, -0.15) is 0 Å². The summed E-state index contributed by atoms with van der Waals surface area (Å²) >= 11 is 0. The second kappa shape index (κ2) is 7.00. The first kappa shape index (κ1) is 14.5. The molecule has 1 fully saturated rings. The number of hydrogen-bond donors (Lipinski definition) is 2. The molecule has 6 nitrogen and oxygen atoms in total. The number of amides is 1. The van der Waals surface area contributed by atoms with Gasteiger partial charge in [-0.1, -0.05) is 12.7 Å². The minimum atomic E-state index is -0.827. The van der Waals surface area contributed by atoms with Crippen molar-refractivity contribution in [3.63, 3.8) is 0 Å². The molecule has 18 heavy (non-hydrogen) atoms. The summed E-state index contributed by atoms with van der Waals surface area (Å²) in [5, 5.41) is 11.8. The molecule has 1 aliphatic rings. The first-order chi connectivity index (χ1) is 8.60. The molecule has 0 spiro atoms. The van der Waals surface area contributed by atoms with E-state index < -0.39 is 17.5 Å². The van der Waals surface area contributed by atoms with Crippen LogP contribution in [0, 0.1) is 5.41 Å². The molecular weight excluding hydrogens is 238 g/mol. The topological polar surface area (TPSA) is 84.9 Å². The van der Waals surface area contributed by atoms with E-state index in [-0.39, 0.29) is 13.2 Å². The average Bonchev–Trinajstić information content (AvgIpc) is 2.37. The predicted molar refractivity (Wildman–Crippen MR) is 64.3 cm³/mol. The van der Waals surface area contributed by atoms with E-state index in [4.69, 9.17) is 9.47 Å². The molecule has 2 N–H and O–H groups in total. The fraction of sp³-hybridized carbons (Fsp3) is 0.667. The van der Waals surface area contributed by atoms with Crippen LogP contribution in [0.25, 0.3) is 0 Å². The molecule has 0 aromatic rings. The lowest BCUT2D eigenvalue weighted by Crippen LogP contribution is -2.40. The molecule has 0 saturated carbocycles. The number of aliphatic carboxylic acids is 1. The number of carbonyl (C=O) groups excluding carboxylic acids is 1. The highest BCUT2D eigenvalue weighted by atomic mass is 16.5. The lowest BCUT2D eigenvalue weighted by Gasteiger charge is -2.33. The molecule has 1 heterocycles. The van der Waals surface area contributed by atoms with Gasteiger partial charge in [-0.3, -0.25) is 4.79 Å². The Hall–Kier alpha value is -1.56. The second-order valence-electron chi connectivity index (χ2n) is 4.26.